The number of aromatic nitrogens is 2. The molecular weight excluding hydrogens is 298 g/mol. The van der Waals surface area contributed by atoms with Gasteiger partial charge >= 0.3 is 0 Å². The number of benzene rings is 1. The van der Waals surface area contributed by atoms with Crippen LogP contribution in [0, 0.1) is 0 Å². The van der Waals surface area contributed by atoms with Crippen molar-refractivity contribution in [2.75, 3.05) is 13.1 Å². The van der Waals surface area contributed by atoms with Crippen molar-refractivity contribution >= 4 is 11.6 Å². The van der Waals surface area contributed by atoms with Gasteiger partial charge in [0, 0.05) is 23.5 Å². The van der Waals surface area contributed by atoms with Crippen molar-refractivity contribution in [3.05, 3.63) is 46.6 Å². The van der Waals surface area contributed by atoms with Crippen LogP contribution in [0.3, 0.4) is 0 Å². The number of hydrogen-bond donors (Lipinski definition) is 0. The minimum absolute atomic E-state index is 0.0718. The Morgan fingerprint density at radius 1 is 1.32 bits per heavy atom. The van der Waals surface area contributed by atoms with Gasteiger partial charge in [-0.05, 0) is 24.6 Å². The van der Waals surface area contributed by atoms with Gasteiger partial charge in [-0.2, -0.15) is 4.98 Å². The van der Waals surface area contributed by atoms with Gasteiger partial charge in [0.2, 0.25) is 5.89 Å². The average molecular weight is 320 g/mol. The molecule has 1 aromatic carbocycles. The fourth-order valence-electron chi connectivity index (χ4n) is 2.75. The van der Waals surface area contributed by atoms with Gasteiger partial charge in [-0.15, -0.1) is 0 Å². The smallest absolute Gasteiger partial charge is 0.231 e. The zero-order valence-electron chi connectivity index (χ0n) is 13.3. The van der Waals surface area contributed by atoms with Crippen LogP contribution in [0.2, 0.25) is 5.02 Å². The number of nitrogens with zero attached hydrogens (tertiary/aromatic N) is 3. The van der Waals surface area contributed by atoms with Crippen LogP contribution < -0.4 is 0 Å². The molecule has 118 valence electrons. The monoisotopic (exact) mass is 319 g/mol. The first-order valence-corrected chi connectivity index (χ1v) is 8.11. The molecule has 1 atom stereocenters. The van der Waals surface area contributed by atoms with E-state index >= 15 is 0 Å². The van der Waals surface area contributed by atoms with Crippen LogP contribution in [-0.4, -0.2) is 28.1 Å². The van der Waals surface area contributed by atoms with E-state index in [2.05, 4.69) is 41.9 Å². The lowest BCUT2D eigenvalue weighted by Crippen LogP contribution is -2.20. The van der Waals surface area contributed by atoms with E-state index in [1.165, 1.54) is 5.56 Å². The summed E-state index contributed by atoms with van der Waals surface area (Å²) in [5.41, 5.74) is 1.10. The second-order valence-corrected chi connectivity index (χ2v) is 7.43. The predicted octanol–water partition coefficient (Wildman–Crippen LogP) is 4.01. The minimum Gasteiger partial charge on any atom is -0.339 e. The maximum atomic E-state index is 6.24. The summed E-state index contributed by atoms with van der Waals surface area (Å²) in [5, 5.41) is 4.96. The van der Waals surface area contributed by atoms with Crippen molar-refractivity contribution < 1.29 is 4.52 Å². The molecule has 1 aliphatic rings. The van der Waals surface area contributed by atoms with Gasteiger partial charge in [-0.1, -0.05) is 55.7 Å². The summed E-state index contributed by atoms with van der Waals surface area (Å²) >= 11 is 6.24. The Balaban J connectivity index is 1.65. The standard InChI is InChI=1S/C17H22ClN3O/c1-17(2,3)16-19-15(22-20-16)13-8-9-21(11-13)10-12-6-4-5-7-14(12)18/h4-7,13H,8-11H2,1-3H3/t13-/m0/s1. The normalized spacial score (nSPS) is 19.7. The first-order chi connectivity index (χ1) is 10.4. The summed E-state index contributed by atoms with van der Waals surface area (Å²) in [7, 11) is 0. The van der Waals surface area contributed by atoms with E-state index < -0.39 is 0 Å². The average Bonchev–Trinajstić information content (AvgIpc) is 3.09. The number of hydrogen-bond acceptors (Lipinski definition) is 4. The van der Waals surface area contributed by atoms with Crippen LogP contribution in [-0.2, 0) is 12.0 Å². The Kier molecular flexibility index (Phi) is 4.24. The maximum absolute atomic E-state index is 6.24. The van der Waals surface area contributed by atoms with Crippen LogP contribution in [0.25, 0.3) is 0 Å². The van der Waals surface area contributed by atoms with E-state index in [9.17, 15) is 0 Å². The molecule has 0 amide bonds. The summed E-state index contributed by atoms with van der Waals surface area (Å²) in [5.74, 6) is 1.88. The number of rotatable bonds is 3. The second-order valence-electron chi connectivity index (χ2n) is 7.02. The molecule has 4 nitrogen and oxygen atoms in total. The zero-order valence-corrected chi connectivity index (χ0v) is 14.1. The van der Waals surface area contributed by atoms with Crippen molar-refractivity contribution in [2.45, 2.75) is 45.1 Å². The molecule has 0 spiro atoms. The lowest BCUT2D eigenvalue weighted by atomic mass is 9.96. The third-order valence-corrected chi connectivity index (χ3v) is 4.45. The summed E-state index contributed by atoms with van der Waals surface area (Å²) in [4.78, 5) is 6.99. The molecule has 0 radical (unpaired) electrons. The highest BCUT2D eigenvalue weighted by Gasteiger charge is 2.30. The lowest BCUT2D eigenvalue weighted by Gasteiger charge is -2.16. The molecule has 22 heavy (non-hydrogen) atoms. The van der Waals surface area contributed by atoms with E-state index in [1.54, 1.807) is 0 Å². The van der Waals surface area contributed by atoms with E-state index in [1.807, 2.05) is 18.2 Å². The molecule has 1 aromatic heterocycles. The van der Waals surface area contributed by atoms with Crippen LogP contribution in [0.1, 0.15) is 50.4 Å². The second kappa shape index (κ2) is 6.01. The molecule has 1 aliphatic heterocycles. The Labute approximate surface area is 136 Å². The molecule has 1 saturated heterocycles. The Hall–Kier alpha value is -1.39. The van der Waals surface area contributed by atoms with Gasteiger partial charge in [-0.3, -0.25) is 4.90 Å². The SMILES string of the molecule is CC(C)(C)c1noc([C@H]2CCN(Cc3ccccc3Cl)C2)n1. The molecule has 2 aromatic rings. The topological polar surface area (TPSA) is 42.2 Å². The molecular formula is C17H22ClN3O. The van der Waals surface area contributed by atoms with Crippen LogP contribution in [0.4, 0.5) is 0 Å². The van der Waals surface area contributed by atoms with E-state index in [0.29, 0.717) is 5.92 Å². The highest BCUT2D eigenvalue weighted by atomic mass is 35.5. The fourth-order valence-corrected chi connectivity index (χ4v) is 2.95. The molecule has 0 saturated carbocycles. The van der Waals surface area contributed by atoms with Crippen molar-refractivity contribution in [3.63, 3.8) is 0 Å². The number of halogens is 1. The first-order valence-electron chi connectivity index (χ1n) is 7.73. The largest absolute Gasteiger partial charge is 0.339 e. The third-order valence-electron chi connectivity index (χ3n) is 4.09. The maximum Gasteiger partial charge on any atom is 0.231 e. The van der Waals surface area contributed by atoms with Gasteiger partial charge in [0.15, 0.2) is 5.82 Å². The Morgan fingerprint density at radius 3 is 2.77 bits per heavy atom. The molecule has 0 unspecified atom stereocenters. The van der Waals surface area contributed by atoms with E-state index in [0.717, 1.165) is 42.8 Å². The van der Waals surface area contributed by atoms with Gasteiger partial charge in [0.25, 0.3) is 0 Å². The lowest BCUT2D eigenvalue weighted by molar-refractivity contribution is 0.307. The molecule has 2 heterocycles. The molecule has 0 aliphatic carbocycles. The van der Waals surface area contributed by atoms with Crippen molar-refractivity contribution in [1.29, 1.82) is 0 Å². The van der Waals surface area contributed by atoms with Crippen molar-refractivity contribution in [3.8, 4) is 0 Å². The van der Waals surface area contributed by atoms with E-state index in [-0.39, 0.29) is 5.41 Å². The Morgan fingerprint density at radius 2 is 2.09 bits per heavy atom. The van der Waals surface area contributed by atoms with Gasteiger partial charge in [0.05, 0.1) is 5.92 Å². The quantitative estimate of drug-likeness (QED) is 0.857. The Bertz CT molecular complexity index is 647. The van der Waals surface area contributed by atoms with Gasteiger partial charge < -0.3 is 4.52 Å². The van der Waals surface area contributed by atoms with Crippen LogP contribution in [0.5, 0.6) is 0 Å². The third kappa shape index (κ3) is 3.33. The molecule has 3 rings (SSSR count). The highest BCUT2D eigenvalue weighted by molar-refractivity contribution is 6.31. The summed E-state index contributed by atoms with van der Waals surface area (Å²) in [6, 6.07) is 8.02. The molecule has 0 bridgehead atoms. The van der Waals surface area contributed by atoms with Crippen molar-refractivity contribution in [1.82, 2.24) is 15.0 Å². The van der Waals surface area contributed by atoms with E-state index in [4.69, 9.17) is 16.1 Å². The number of likely N-dealkylation sites (tertiary alicyclic amines) is 1. The predicted molar refractivity (Wildman–Crippen MR) is 87.1 cm³/mol. The fraction of sp³-hybridized carbons (Fsp3) is 0.529. The van der Waals surface area contributed by atoms with Crippen LogP contribution >= 0.6 is 11.6 Å². The molecule has 5 heteroatoms. The zero-order chi connectivity index (χ0) is 15.7. The minimum atomic E-state index is -0.0718. The summed E-state index contributed by atoms with van der Waals surface area (Å²) in [6.45, 7) is 9.14. The van der Waals surface area contributed by atoms with Crippen molar-refractivity contribution in [2.24, 2.45) is 0 Å². The highest BCUT2D eigenvalue weighted by Crippen LogP contribution is 2.29. The molecule has 1 fully saturated rings. The first kappa shape index (κ1) is 15.5. The van der Waals surface area contributed by atoms with Crippen LogP contribution in [0.15, 0.2) is 28.8 Å². The summed E-state index contributed by atoms with van der Waals surface area (Å²) in [6.07, 6.45) is 1.05. The van der Waals surface area contributed by atoms with Gasteiger partial charge in [-0.25, -0.2) is 0 Å². The summed E-state index contributed by atoms with van der Waals surface area (Å²) < 4.78 is 5.48. The molecule has 0 N–H and O–H groups in total. The van der Waals surface area contributed by atoms with Gasteiger partial charge in [0.1, 0.15) is 0 Å².